The fourth-order valence-electron chi connectivity index (χ4n) is 2.94. The van der Waals surface area contributed by atoms with E-state index in [-0.39, 0.29) is 24.4 Å². The van der Waals surface area contributed by atoms with Gasteiger partial charge in [-0.3, -0.25) is 4.79 Å². The second-order valence-corrected chi connectivity index (χ2v) is 5.51. The standard InChI is InChI=1S/C15H25N3O2.ClH/c1-3-11(4-2)13-9-14(20-17-13)15(19)18-8-6-5-7-12(18)10-16;/h9,11-12H,3-8,10,16H2,1-2H3;1H. The van der Waals surface area contributed by atoms with Gasteiger partial charge in [0.25, 0.3) is 5.91 Å². The summed E-state index contributed by atoms with van der Waals surface area (Å²) in [5.41, 5.74) is 6.65. The number of piperidine rings is 1. The monoisotopic (exact) mass is 315 g/mol. The summed E-state index contributed by atoms with van der Waals surface area (Å²) in [6.07, 6.45) is 5.17. The van der Waals surface area contributed by atoms with Crippen LogP contribution in [0.1, 0.15) is 68.1 Å². The summed E-state index contributed by atoms with van der Waals surface area (Å²) in [4.78, 5) is 14.4. The van der Waals surface area contributed by atoms with Crippen molar-refractivity contribution in [2.24, 2.45) is 5.73 Å². The minimum absolute atomic E-state index is 0. The first-order valence-electron chi connectivity index (χ1n) is 7.68. The van der Waals surface area contributed by atoms with Crippen LogP contribution in [0.25, 0.3) is 0 Å². The summed E-state index contributed by atoms with van der Waals surface area (Å²) in [5, 5.41) is 4.07. The summed E-state index contributed by atoms with van der Waals surface area (Å²) >= 11 is 0. The van der Waals surface area contributed by atoms with Crippen molar-refractivity contribution < 1.29 is 9.32 Å². The second kappa shape index (κ2) is 8.39. The maximum atomic E-state index is 12.5. The fraction of sp³-hybridized carbons (Fsp3) is 0.733. The summed E-state index contributed by atoms with van der Waals surface area (Å²) in [6.45, 7) is 5.53. The first kappa shape index (κ1) is 18.0. The number of carbonyl (C=O) groups excluding carboxylic acids is 1. The molecule has 6 heteroatoms. The zero-order chi connectivity index (χ0) is 14.5. The van der Waals surface area contributed by atoms with Gasteiger partial charge in [0.15, 0.2) is 0 Å². The average Bonchev–Trinajstić information content (AvgIpc) is 2.97. The number of carbonyl (C=O) groups is 1. The lowest BCUT2D eigenvalue weighted by molar-refractivity contribution is 0.0581. The zero-order valence-electron chi connectivity index (χ0n) is 12.9. The summed E-state index contributed by atoms with van der Waals surface area (Å²) < 4.78 is 5.28. The molecule has 0 saturated carbocycles. The Kier molecular flexibility index (Phi) is 7.18. The smallest absolute Gasteiger partial charge is 0.292 e. The van der Waals surface area contributed by atoms with Crippen molar-refractivity contribution >= 4 is 18.3 Å². The van der Waals surface area contributed by atoms with E-state index in [0.717, 1.165) is 44.3 Å². The lowest BCUT2D eigenvalue weighted by Crippen LogP contribution is -2.47. The molecule has 1 atom stereocenters. The van der Waals surface area contributed by atoms with Crippen LogP contribution in [0, 0.1) is 0 Å². The number of amides is 1. The lowest BCUT2D eigenvalue weighted by Gasteiger charge is -2.34. The number of hydrogen-bond acceptors (Lipinski definition) is 4. The molecule has 0 aromatic carbocycles. The van der Waals surface area contributed by atoms with Gasteiger partial charge >= 0.3 is 0 Å². The topological polar surface area (TPSA) is 72.4 Å². The van der Waals surface area contributed by atoms with Gasteiger partial charge in [0, 0.05) is 31.1 Å². The Bertz CT molecular complexity index is 446. The van der Waals surface area contributed by atoms with Gasteiger partial charge in [-0.15, -0.1) is 12.4 Å². The molecule has 1 aliphatic rings. The van der Waals surface area contributed by atoms with Gasteiger partial charge in [-0.25, -0.2) is 0 Å². The van der Waals surface area contributed by atoms with Crippen molar-refractivity contribution in [1.29, 1.82) is 0 Å². The van der Waals surface area contributed by atoms with Gasteiger partial charge in [0.1, 0.15) is 0 Å². The van der Waals surface area contributed by atoms with E-state index in [1.807, 2.05) is 11.0 Å². The first-order chi connectivity index (χ1) is 9.71. The van der Waals surface area contributed by atoms with Crippen LogP contribution in [0.4, 0.5) is 0 Å². The molecular formula is C15H26ClN3O2. The maximum Gasteiger partial charge on any atom is 0.292 e. The molecule has 1 saturated heterocycles. The quantitative estimate of drug-likeness (QED) is 0.906. The highest BCUT2D eigenvalue weighted by Crippen LogP contribution is 2.24. The van der Waals surface area contributed by atoms with Crippen molar-refractivity contribution in [3.8, 4) is 0 Å². The summed E-state index contributed by atoms with van der Waals surface area (Å²) in [7, 11) is 0. The van der Waals surface area contributed by atoms with E-state index in [4.69, 9.17) is 10.3 Å². The van der Waals surface area contributed by atoms with Crippen LogP contribution in [-0.4, -0.2) is 35.1 Å². The van der Waals surface area contributed by atoms with Crippen LogP contribution in [0.2, 0.25) is 0 Å². The predicted molar refractivity (Wildman–Crippen MR) is 84.8 cm³/mol. The molecule has 21 heavy (non-hydrogen) atoms. The molecule has 1 amide bonds. The third kappa shape index (κ3) is 3.98. The van der Waals surface area contributed by atoms with Crippen LogP contribution in [0.5, 0.6) is 0 Å². The van der Waals surface area contributed by atoms with Crippen LogP contribution in [0.15, 0.2) is 10.6 Å². The Morgan fingerprint density at radius 1 is 1.48 bits per heavy atom. The third-order valence-corrected chi connectivity index (χ3v) is 4.30. The van der Waals surface area contributed by atoms with Crippen molar-refractivity contribution in [1.82, 2.24) is 10.1 Å². The Labute approximate surface area is 132 Å². The second-order valence-electron chi connectivity index (χ2n) is 5.51. The third-order valence-electron chi connectivity index (χ3n) is 4.30. The highest BCUT2D eigenvalue weighted by molar-refractivity contribution is 5.91. The van der Waals surface area contributed by atoms with Gasteiger partial charge in [-0.1, -0.05) is 19.0 Å². The molecule has 0 radical (unpaired) electrons. The van der Waals surface area contributed by atoms with Crippen LogP contribution < -0.4 is 5.73 Å². The summed E-state index contributed by atoms with van der Waals surface area (Å²) in [5.74, 6) is 0.657. The normalized spacial score (nSPS) is 18.7. The Balaban J connectivity index is 0.00000220. The molecule has 1 aromatic heterocycles. The molecule has 1 fully saturated rings. The number of hydrogen-bond donors (Lipinski definition) is 1. The molecule has 0 aliphatic carbocycles. The molecule has 120 valence electrons. The average molecular weight is 316 g/mol. The van der Waals surface area contributed by atoms with Crippen LogP contribution in [0.3, 0.4) is 0 Å². The molecule has 0 spiro atoms. The van der Waals surface area contributed by atoms with Gasteiger partial charge in [0.05, 0.1) is 5.69 Å². The number of likely N-dealkylation sites (tertiary alicyclic amines) is 1. The SMILES string of the molecule is CCC(CC)c1cc(C(=O)N2CCCCC2CN)on1.Cl. The first-order valence-corrected chi connectivity index (χ1v) is 7.68. The van der Waals surface area contributed by atoms with E-state index < -0.39 is 0 Å². The molecule has 1 aromatic rings. The molecule has 2 N–H and O–H groups in total. The van der Waals surface area contributed by atoms with Gasteiger partial charge < -0.3 is 15.2 Å². The fourth-order valence-corrected chi connectivity index (χ4v) is 2.94. The summed E-state index contributed by atoms with van der Waals surface area (Å²) in [6, 6.07) is 1.94. The van der Waals surface area contributed by atoms with Crippen molar-refractivity contribution in [3.05, 3.63) is 17.5 Å². The maximum absolute atomic E-state index is 12.5. The number of halogens is 1. The molecule has 5 nitrogen and oxygen atoms in total. The number of aromatic nitrogens is 1. The molecule has 0 bridgehead atoms. The Hall–Kier alpha value is -1.07. The van der Waals surface area contributed by atoms with Gasteiger partial charge in [-0.2, -0.15) is 0 Å². The van der Waals surface area contributed by atoms with Gasteiger partial charge in [0.2, 0.25) is 5.76 Å². The largest absolute Gasteiger partial charge is 0.351 e. The van der Waals surface area contributed by atoms with E-state index >= 15 is 0 Å². The number of rotatable bonds is 5. The molecule has 1 unspecified atom stereocenters. The van der Waals surface area contributed by atoms with E-state index in [0.29, 0.717) is 18.2 Å². The van der Waals surface area contributed by atoms with Crippen molar-refractivity contribution in [2.45, 2.75) is 57.9 Å². The highest BCUT2D eigenvalue weighted by atomic mass is 35.5. The zero-order valence-corrected chi connectivity index (χ0v) is 13.7. The predicted octanol–water partition coefficient (Wildman–Crippen LogP) is 2.95. The van der Waals surface area contributed by atoms with Gasteiger partial charge in [-0.05, 0) is 32.1 Å². The number of nitrogens with two attached hydrogens (primary N) is 1. The molecule has 1 aliphatic heterocycles. The van der Waals surface area contributed by atoms with Crippen molar-refractivity contribution in [3.63, 3.8) is 0 Å². The Morgan fingerprint density at radius 2 is 2.19 bits per heavy atom. The van der Waals surface area contributed by atoms with Crippen molar-refractivity contribution in [2.75, 3.05) is 13.1 Å². The van der Waals surface area contributed by atoms with Crippen LogP contribution in [-0.2, 0) is 0 Å². The minimum Gasteiger partial charge on any atom is -0.351 e. The van der Waals surface area contributed by atoms with E-state index in [9.17, 15) is 4.79 Å². The Morgan fingerprint density at radius 3 is 2.81 bits per heavy atom. The molecule has 2 rings (SSSR count). The van der Waals surface area contributed by atoms with E-state index in [1.54, 1.807) is 0 Å². The van der Waals surface area contributed by atoms with E-state index in [1.165, 1.54) is 0 Å². The number of nitrogens with zero attached hydrogens (tertiary/aromatic N) is 2. The minimum atomic E-state index is -0.0649. The van der Waals surface area contributed by atoms with Crippen LogP contribution >= 0.6 is 12.4 Å². The highest BCUT2D eigenvalue weighted by Gasteiger charge is 2.29. The lowest BCUT2D eigenvalue weighted by atomic mass is 9.99. The molecule has 2 heterocycles. The van der Waals surface area contributed by atoms with E-state index in [2.05, 4.69) is 19.0 Å². The molecular weight excluding hydrogens is 290 g/mol.